The molecule has 25 heavy (non-hydrogen) atoms. The molecule has 1 aromatic rings. The molecule has 2 aliphatic rings. The van der Waals surface area contributed by atoms with E-state index in [4.69, 9.17) is 9.84 Å². The standard InChI is InChI=1S/C19H28N2O3.ClH/c1-2-21(14-19(22)23)17-6-10-20(11-7-17)9-5-15-3-4-18-16(13-15)8-12-24-18;/h3-4,13,17H,2,5-12,14H2,1H3,(H,22,23);1H. The Labute approximate surface area is 156 Å². The third-order valence-corrected chi connectivity index (χ3v) is 5.29. The highest BCUT2D eigenvalue weighted by Gasteiger charge is 2.24. The molecule has 2 heterocycles. The lowest BCUT2D eigenvalue weighted by molar-refractivity contribution is -0.139. The number of likely N-dealkylation sites (tertiary alicyclic amines) is 1. The number of piperidine rings is 1. The number of carboxylic acid groups (broad SMARTS) is 1. The molecule has 0 aliphatic carbocycles. The van der Waals surface area contributed by atoms with Gasteiger partial charge >= 0.3 is 5.97 Å². The number of carboxylic acids is 1. The minimum atomic E-state index is -0.722. The minimum Gasteiger partial charge on any atom is -0.493 e. The van der Waals surface area contributed by atoms with Crippen LogP contribution in [-0.4, -0.2) is 66.2 Å². The molecular weight excluding hydrogens is 340 g/mol. The van der Waals surface area contributed by atoms with Gasteiger partial charge in [-0.2, -0.15) is 0 Å². The zero-order valence-electron chi connectivity index (χ0n) is 14.9. The van der Waals surface area contributed by atoms with Gasteiger partial charge < -0.3 is 14.7 Å². The lowest BCUT2D eigenvalue weighted by atomic mass is 10.0. The van der Waals surface area contributed by atoms with Crippen molar-refractivity contribution in [1.82, 2.24) is 9.80 Å². The summed E-state index contributed by atoms with van der Waals surface area (Å²) in [6.45, 7) is 7.05. The van der Waals surface area contributed by atoms with E-state index in [-0.39, 0.29) is 19.0 Å². The van der Waals surface area contributed by atoms with E-state index in [1.165, 1.54) is 11.1 Å². The van der Waals surface area contributed by atoms with Crippen LogP contribution in [0, 0.1) is 0 Å². The second-order valence-corrected chi connectivity index (χ2v) is 6.82. The highest BCUT2D eigenvalue weighted by atomic mass is 35.5. The van der Waals surface area contributed by atoms with Crippen LogP contribution in [0.15, 0.2) is 18.2 Å². The Morgan fingerprint density at radius 3 is 2.80 bits per heavy atom. The van der Waals surface area contributed by atoms with Crippen molar-refractivity contribution >= 4 is 18.4 Å². The second-order valence-electron chi connectivity index (χ2n) is 6.82. The van der Waals surface area contributed by atoms with Crippen molar-refractivity contribution in [3.05, 3.63) is 29.3 Å². The number of benzene rings is 1. The largest absolute Gasteiger partial charge is 0.493 e. The van der Waals surface area contributed by atoms with Crippen molar-refractivity contribution in [1.29, 1.82) is 0 Å². The summed E-state index contributed by atoms with van der Waals surface area (Å²) in [5.74, 6) is 0.331. The summed E-state index contributed by atoms with van der Waals surface area (Å²) in [6, 6.07) is 7.00. The van der Waals surface area contributed by atoms with Crippen molar-refractivity contribution in [2.24, 2.45) is 0 Å². The Morgan fingerprint density at radius 2 is 2.12 bits per heavy atom. The number of nitrogens with zero attached hydrogens (tertiary/aromatic N) is 2. The predicted octanol–water partition coefficient (Wildman–Crippen LogP) is 2.46. The van der Waals surface area contributed by atoms with Gasteiger partial charge in [-0.1, -0.05) is 19.1 Å². The normalized spacial score (nSPS) is 17.8. The Bertz CT molecular complexity index is 574. The number of aliphatic carboxylic acids is 1. The van der Waals surface area contributed by atoms with E-state index in [1.54, 1.807) is 0 Å². The molecule has 1 fully saturated rings. The third kappa shape index (κ3) is 5.33. The maximum atomic E-state index is 11.0. The number of hydrogen-bond donors (Lipinski definition) is 1. The molecule has 5 nitrogen and oxygen atoms in total. The number of rotatable bonds is 7. The number of ether oxygens (including phenoxy) is 1. The van der Waals surface area contributed by atoms with Gasteiger partial charge in [-0.15, -0.1) is 12.4 Å². The molecule has 0 spiro atoms. The summed E-state index contributed by atoms with van der Waals surface area (Å²) in [5, 5.41) is 9.01. The van der Waals surface area contributed by atoms with E-state index < -0.39 is 5.97 Å². The van der Waals surface area contributed by atoms with Crippen LogP contribution >= 0.6 is 12.4 Å². The van der Waals surface area contributed by atoms with E-state index in [9.17, 15) is 4.79 Å². The maximum Gasteiger partial charge on any atom is 0.317 e. The summed E-state index contributed by atoms with van der Waals surface area (Å²) >= 11 is 0. The average Bonchev–Trinajstić information content (AvgIpc) is 3.06. The fourth-order valence-corrected chi connectivity index (χ4v) is 3.86. The van der Waals surface area contributed by atoms with Gasteiger partial charge in [0.25, 0.3) is 0 Å². The molecule has 0 amide bonds. The molecule has 0 aromatic heterocycles. The second kappa shape index (κ2) is 9.41. The Hall–Kier alpha value is -1.30. The van der Waals surface area contributed by atoms with Gasteiger partial charge in [0.15, 0.2) is 0 Å². The van der Waals surface area contributed by atoms with Crippen molar-refractivity contribution in [3.8, 4) is 5.75 Å². The molecule has 6 heteroatoms. The van der Waals surface area contributed by atoms with Crippen LogP contribution in [0.1, 0.15) is 30.9 Å². The fraction of sp³-hybridized carbons (Fsp3) is 0.632. The predicted molar refractivity (Wildman–Crippen MR) is 101 cm³/mol. The Morgan fingerprint density at radius 1 is 1.36 bits per heavy atom. The van der Waals surface area contributed by atoms with Crippen molar-refractivity contribution < 1.29 is 14.6 Å². The number of fused-ring (bicyclic) bond motifs is 1. The summed E-state index contributed by atoms with van der Waals surface area (Å²) < 4.78 is 5.56. The lowest BCUT2D eigenvalue weighted by Gasteiger charge is -2.37. The van der Waals surface area contributed by atoms with Gasteiger partial charge in [-0.05, 0) is 56.1 Å². The lowest BCUT2D eigenvalue weighted by Crippen LogP contribution is -2.46. The van der Waals surface area contributed by atoms with Gasteiger partial charge in [0.1, 0.15) is 5.75 Å². The van der Waals surface area contributed by atoms with E-state index >= 15 is 0 Å². The average molecular weight is 369 g/mol. The van der Waals surface area contributed by atoms with Gasteiger partial charge in [0, 0.05) is 19.0 Å². The summed E-state index contributed by atoms with van der Waals surface area (Å²) in [5.41, 5.74) is 2.74. The van der Waals surface area contributed by atoms with Gasteiger partial charge in [-0.25, -0.2) is 0 Å². The van der Waals surface area contributed by atoms with E-state index in [2.05, 4.69) is 28.0 Å². The number of hydrogen-bond acceptors (Lipinski definition) is 4. The topological polar surface area (TPSA) is 53.0 Å². The van der Waals surface area contributed by atoms with Crippen molar-refractivity contribution in [2.75, 3.05) is 39.3 Å². The first kappa shape index (κ1) is 20.0. The van der Waals surface area contributed by atoms with E-state index in [0.29, 0.717) is 6.04 Å². The minimum absolute atomic E-state index is 0. The van der Waals surface area contributed by atoms with Crippen molar-refractivity contribution in [3.63, 3.8) is 0 Å². The highest BCUT2D eigenvalue weighted by Crippen LogP contribution is 2.26. The molecule has 1 N–H and O–H groups in total. The molecule has 0 radical (unpaired) electrons. The Balaban J connectivity index is 0.00000225. The SMILES string of the molecule is CCN(CC(=O)O)C1CCN(CCc2ccc3c(c2)CCO3)CC1.Cl. The number of likely N-dealkylation sites (N-methyl/N-ethyl adjacent to an activating group) is 1. The zero-order chi connectivity index (χ0) is 16.9. The van der Waals surface area contributed by atoms with Crippen LogP contribution in [0.3, 0.4) is 0 Å². The summed E-state index contributed by atoms with van der Waals surface area (Å²) in [7, 11) is 0. The Kier molecular flexibility index (Phi) is 7.54. The maximum absolute atomic E-state index is 11.0. The molecule has 0 bridgehead atoms. The van der Waals surface area contributed by atoms with Crippen LogP contribution in [0.4, 0.5) is 0 Å². The number of halogens is 1. The van der Waals surface area contributed by atoms with Gasteiger partial charge in [0.2, 0.25) is 0 Å². The summed E-state index contributed by atoms with van der Waals surface area (Å²) in [4.78, 5) is 15.6. The van der Waals surface area contributed by atoms with Crippen molar-refractivity contribution in [2.45, 2.75) is 38.6 Å². The van der Waals surface area contributed by atoms with Gasteiger partial charge in [0.05, 0.1) is 13.2 Å². The molecule has 3 rings (SSSR count). The van der Waals surface area contributed by atoms with E-state index in [1.807, 2.05) is 6.92 Å². The smallest absolute Gasteiger partial charge is 0.317 e. The third-order valence-electron chi connectivity index (χ3n) is 5.29. The zero-order valence-corrected chi connectivity index (χ0v) is 15.8. The molecule has 1 saturated heterocycles. The van der Waals surface area contributed by atoms with Crippen LogP contribution in [0.5, 0.6) is 5.75 Å². The quantitative estimate of drug-likeness (QED) is 0.801. The molecule has 0 saturated carbocycles. The molecule has 2 aliphatic heterocycles. The fourth-order valence-electron chi connectivity index (χ4n) is 3.86. The van der Waals surface area contributed by atoms with Crippen LogP contribution in [-0.2, 0) is 17.6 Å². The molecule has 1 aromatic carbocycles. The first-order valence-corrected chi connectivity index (χ1v) is 9.08. The monoisotopic (exact) mass is 368 g/mol. The van der Waals surface area contributed by atoms with Crippen LogP contribution in [0.25, 0.3) is 0 Å². The van der Waals surface area contributed by atoms with Gasteiger partial charge in [-0.3, -0.25) is 9.69 Å². The summed E-state index contributed by atoms with van der Waals surface area (Å²) in [6.07, 6.45) is 4.24. The molecular formula is C19H29ClN2O3. The number of carbonyl (C=O) groups is 1. The first-order valence-electron chi connectivity index (χ1n) is 9.08. The highest BCUT2D eigenvalue weighted by molar-refractivity contribution is 5.85. The molecule has 0 atom stereocenters. The molecule has 140 valence electrons. The van der Waals surface area contributed by atoms with Crippen LogP contribution < -0.4 is 4.74 Å². The molecule has 0 unspecified atom stereocenters. The first-order chi connectivity index (χ1) is 11.7. The van der Waals surface area contributed by atoms with E-state index in [0.717, 1.165) is 64.2 Å². The van der Waals surface area contributed by atoms with Crippen LogP contribution in [0.2, 0.25) is 0 Å².